The summed E-state index contributed by atoms with van der Waals surface area (Å²) in [5.41, 5.74) is -1.17. The summed E-state index contributed by atoms with van der Waals surface area (Å²) in [6.45, 7) is 8.55. The van der Waals surface area contributed by atoms with Crippen LogP contribution < -0.4 is 0 Å². The molecule has 0 spiro atoms. The SMILES string of the molecule is C#[N+][C@@]12C(=O)N(CN3CCOCC3)C(=O)[C@@H]1C1CCC2O1. The van der Waals surface area contributed by atoms with Gasteiger partial charge in [0.15, 0.2) is 12.0 Å². The summed E-state index contributed by atoms with van der Waals surface area (Å²) in [6, 6.07) is 0. The molecule has 4 fully saturated rings. The summed E-state index contributed by atoms with van der Waals surface area (Å²) in [6.07, 6.45) is 0.987. The Kier molecular flexibility index (Phi) is 2.83. The van der Waals surface area contributed by atoms with Crippen LogP contribution in [0.5, 0.6) is 0 Å². The van der Waals surface area contributed by atoms with Gasteiger partial charge < -0.3 is 9.47 Å². The Hall–Kier alpha value is -1.49. The molecule has 0 aromatic rings. The smallest absolute Gasteiger partial charge is 0.379 e. The number of hydrogen-bond acceptors (Lipinski definition) is 5. The van der Waals surface area contributed by atoms with Crippen molar-refractivity contribution in [2.24, 2.45) is 5.92 Å². The molecule has 7 nitrogen and oxygen atoms in total. The number of carbonyl (C=O) groups is 2. The van der Waals surface area contributed by atoms with Crippen molar-refractivity contribution in [3.63, 3.8) is 0 Å². The van der Waals surface area contributed by atoms with Crippen molar-refractivity contribution >= 4 is 11.8 Å². The Morgan fingerprint density at radius 3 is 2.71 bits per heavy atom. The normalized spacial score (nSPS) is 42.4. The molecule has 4 heterocycles. The average molecular weight is 292 g/mol. The molecule has 2 bridgehead atoms. The molecule has 4 saturated heterocycles. The van der Waals surface area contributed by atoms with Crippen molar-refractivity contribution in [3.05, 3.63) is 4.85 Å². The number of likely N-dealkylation sites (tertiary alicyclic amines) is 1. The maximum Gasteiger partial charge on any atom is 0.396 e. The minimum absolute atomic E-state index is 0.187. The Morgan fingerprint density at radius 1 is 1.29 bits per heavy atom. The molecular weight excluding hydrogens is 274 g/mol. The third-order valence-electron chi connectivity index (χ3n) is 5.17. The van der Waals surface area contributed by atoms with Crippen molar-refractivity contribution in [2.75, 3.05) is 33.0 Å². The van der Waals surface area contributed by atoms with E-state index in [1.807, 2.05) is 4.90 Å². The summed E-state index contributed by atoms with van der Waals surface area (Å²) in [4.78, 5) is 32.7. The molecule has 2 unspecified atom stereocenters. The standard InChI is InChI=1S/C14H18N3O4/c1-15-14-10-3-2-9(21-10)11(14)12(18)17(13(14)19)8-16-4-6-20-7-5-16/h1,9-11H,2-8H2/q+1/t9?,10?,11-,14+/m0/s1. The van der Waals surface area contributed by atoms with Crippen LogP contribution in [-0.2, 0) is 19.1 Å². The topological polar surface area (TPSA) is 63.4 Å². The monoisotopic (exact) mass is 292 g/mol. The Morgan fingerprint density at radius 2 is 2.05 bits per heavy atom. The summed E-state index contributed by atoms with van der Waals surface area (Å²) < 4.78 is 11.0. The average Bonchev–Trinajstić information content (AvgIpc) is 3.16. The van der Waals surface area contributed by atoms with E-state index in [-0.39, 0.29) is 24.0 Å². The number of amides is 2. The minimum atomic E-state index is -1.17. The van der Waals surface area contributed by atoms with Crippen LogP contribution in [0.4, 0.5) is 0 Å². The molecule has 0 radical (unpaired) electrons. The molecule has 0 N–H and O–H groups in total. The second-order valence-electron chi connectivity index (χ2n) is 6.12. The van der Waals surface area contributed by atoms with E-state index in [0.717, 1.165) is 25.9 Å². The van der Waals surface area contributed by atoms with Gasteiger partial charge in [-0.2, -0.15) is 0 Å². The molecule has 2 amide bonds. The van der Waals surface area contributed by atoms with E-state index < -0.39 is 11.5 Å². The Bertz CT molecular complexity index is 539. The zero-order chi connectivity index (χ0) is 14.6. The molecule has 4 aliphatic heterocycles. The summed E-state index contributed by atoms with van der Waals surface area (Å²) in [5.74, 6) is -1.01. The van der Waals surface area contributed by atoms with E-state index in [1.165, 1.54) is 4.90 Å². The van der Waals surface area contributed by atoms with E-state index in [2.05, 4.69) is 4.85 Å². The van der Waals surface area contributed by atoms with Gasteiger partial charge in [0.1, 0.15) is 0 Å². The van der Waals surface area contributed by atoms with Gasteiger partial charge in [-0.05, 0) is 12.8 Å². The van der Waals surface area contributed by atoms with Crippen molar-refractivity contribution in [1.29, 1.82) is 0 Å². The van der Waals surface area contributed by atoms with Gasteiger partial charge in [-0.3, -0.25) is 19.4 Å². The number of ether oxygens (including phenoxy) is 2. The van der Waals surface area contributed by atoms with Gasteiger partial charge in [-0.25, -0.2) is 0 Å². The lowest BCUT2D eigenvalue weighted by atomic mass is 9.75. The first-order valence-corrected chi connectivity index (χ1v) is 7.42. The van der Waals surface area contributed by atoms with E-state index >= 15 is 0 Å². The van der Waals surface area contributed by atoms with Crippen LogP contribution >= 0.6 is 0 Å². The van der Waals surface area contributed by atoms with E-state index in [0.29, 0.717) is 19.9 Å². The maximum absolute atomic E-state index is 12.8. The van der Waals surface area contributed by atoms with E-state index in [9.17, 15) is 9.59 Å². The Labute approximate surface area is 122 Å². The lowest BCUT2D eigenvalue weighted by Crippen LogP contribution is -2.50. The number of rotatable bonds is 2. The highest BCUT2D eigenvalue weighted by Gasteiger charge is 2.81. The van der Waals surface area contributed by atoms with Gasteiger partial charge >= 0.3 is 11.4 Å². The first kappa shape index (κ1) is 13.2. The van der Waals surface area contributed by atoms with Gasteiger partial charge in [0.25, 0.3) is 6.57 Å². The predicted octanol–water partition coefficient (Wildman–Crippen LogP) is -0.476. The first-order chi connectivity index (χ1) is 10.2. The highest BCUT2D eigenvalue weighted by molar-refractivity contribution is 6.12. The molecule has 112 valence electrons. The van der Waals surface area contributed by atoms with Crippen LogP contribution in [-0.4, -0.2) is 72.3 Å². The number of morpholine rings is 1. The van der Waals surface area contributed by atoms with E-state index in [4.69, 9.17) is 16.0 Å². The van der Waals surface area contributed by atoms with Gasteiger partial charge in [0, 0.05) is 13.1 Å². The second kappa shape index (κ2) is 4.50. The molecule has 7 heteroatoms. The fourth-order valence-corrected chi connectivity index (χ4v) is 4.11. The van der Waals surface area contributed by atoms with Gasteiger partial charge in [-0.1, -0.05) is 4.85 Å². The third kappa shape index (κ3) is 1.58. The summed E-state index contributed by atoms with van der Waals surface area (Å²) >= 11 is 0. The van der Waals surface area contributed by atoms with E-state index in [1.54, 1.807) is 0 Å². The fraction of sp³-hybridized carbons (Fsp3) is 0.786. The number of nitrogens with zero attached hydrogens (tertiary/aromatic N) is 3. The molecular formula is C14H18N3O4+. The molecule has 4 aliphatic rings. The van der Waals surface area contributed by atoms with Crippen LogP contribution in [0.1, 0.15) is 12.8 Å². The molecule has 0 aromatic heterocycles. The highest BCUT2D eigenvalue weighted by Crippen LogP contribution is 2.53. The zero-order valence-electron chi connectivity index (χ0n) is 11.7. The van der Waals surface area contributed by atoms with Crippen LogP contribution in [0, 0.1) is 12.5 Å². The second-order valence-corrected chi connectivity index (χ2v) is 6.12. The van der Waals surface area contributed by atoms with Gasteiger partial charge in [0.2, 0.25) is 5.91 Å². The summed E-state index contributed by atoms with van der Waals surface area (Å²) in [5, 5.41) is 0. The van der Waals surface area contributed by atoms with Crippen molar-refractivity contribution in [3.8, 4) is 6.57 Å². The van der Waals surface area contributed by atoms with Crippen LogP contribution in [0.25, 0.3) is 4.85 Å². The fourth-order valence-electron chi connectivity index (χ4n) is 4.11. The lowest BCUT2D eigenvalue weighted by molar-refractivity contribution is -0.146. The van der Waals surface area contributed by atoms with Gasteiger partial charge in [-0.15, -0.1) is 0 Å². The molecule has 0 aliphatic carbocycles. The molecule has 4 rings (SSSR count). The van der Waals surface area contributed by atoms with Crippen molar-refractivity contribution < 1.29 is 19.1 Å². The first-order valence-electron chi connectivity index (χ1n) is 7.42. The Balaban J connectivity index is 1.62. The largest absolute Gasteiger partial charge is 0.396 e. The van der Waals surface area contributed by atoms with Crippen LogP contribution in [0.3, 0.4) is 0 Å². The summed E-state index contributed by atoms with van der Waals surface area (Å²) in [7, 11) is 0. The molecule has 0 saturated carbocycles. The number of imide groups is 1. The molecule has 4 atom stereocenters. The predicted molar refractivity (Wildman–Crippen MR) is 71.5 cm³/mol. The molecule has 21 heavy (non-hydrogen) atoms. The van der Waals surface area contributed by atoms with Gasteiger partial charge in [0.05, 0.1) is 26.0 Å². The lowest BCUT2D eigenvalue weighted by Gasteiger charge is -2.29. The number of fused-ring (bicyclic) bond motifs is 5. The van der Waals surface area contributed by atoms with Crippen LogP contribution in [0.2, 0.25) is 0 Å². The quantitative estimate of drug-likeness (QED) is 0.644. The minimum Gasteiger partial charge on any atom is -0.379 e. The van der Waals surface area contributed by atoms with Crippen molar-refractivity contribution in [2.45, 2.75) is 30.6 Å². The number of carbonyl (C=O) groups excluding carboxylic acids is 2. The maximum atomic E-state index is 12.8. The van der Waals surface area contributed by atoms with Crippen molar-refractivity contribution in [1.82, 2.24) is 9.80 Å². The third-order valence-corrected chi connectivity index (χ3v) is 5.17. The zero-order valence-corrected chi connectivity index (χ0v) is 11.7. The van der Waals surface area contributed by atoms with Crippen LogP contribution in [0.15, 0.2) is 0 Å². The molecule has 0 aromatic carbocycles. The number of hydrogen-bond donors (Lipinski definition) is 0. The highest BCUT2D eigenvalue weighted by atomic mass is 16.5.